The molecule has 132 valence electrons. The number of aromatic nitrogens is 1. The Kier molecular flexibility index (Phi) is 4.97. The Morgan fingerprint density at radius 2 is 1.69 bits per heavy atom. The molecule has 1 aromatic heterocycles. The summed E-state index contributed by atoms with van der Waals surface area (Å²) in [5.74, 6) is -0.750. The van der Waals surface area contributed by atoms with Gasteiger partial charge < -0.3 is 15.4 Å². The summed E-state index contributed by atoms with van der Waals surface area (Å²) in [6.45, 7) is -0.347. The minimum absolute atomic E-state index is 0.179. The van der Waals surface area contributed by atoms with Gasteiger partial charge in [-0.1, -0.05) is 59.8 Å². The number of hydrogen-bond acceptors (Lipinski definition) is 6. The Hall–Kier alpha value is -3.23. The number of carbonyl (C=O) groups excluding carboxylic acids is 1. The van der Waals surface area contributed by atoms with Crippen molar-refractivity contribution in [1.82, 2.24) is 5.16 Å². The van der Waals surface area contributed by atoms with E-state index in [1.54, 1.807) is 12.1 Å². The van der Waals surface area contributed by atoms with Gasteiger partial charge in [0.1, 0.15) is 12.3 Å². The van der Waals surface area contributed by atoms with Crippen LogP contribution in [0, 0.1) is 0 Å². The fourth-order valence-electron chi connectivity index (χ4n) is 2.63. The SMILES string of the molecule is NC(=O)C(c1ccc(-c2c(-c3ccccc3)noc2CO)cc1)=S(=O)=O. The summed E-state index contributed by atoms with van der Waals surface area (Å²) in [6.07, 6.45) is 0. The van der Waals surface area contributed by atoms with Crippen molar-refractivity contribution in [2.75, 3.05) is 0 Å². The molecule has 2 aromatic carbocycles. The van der Waals surface area contributed by atoms with Gasteiger partial charge in [-0.25, -0.2) is 0 Å². The highest BCUT2D eigenvalue weighted by molar-refractivity contribution is 7.75. The molecule has 0 fully saturated rings. The smallest absolute Gasteiger partial charge is 0.264 e. The molecule has 0 bridgehead atoms. The number of primary amides is 1. The van der Waals surface area contributed by atoms with Gasteiger partial charge in [0.2, 0.25) is 10.3 Å². The lowest BCUT2D eigenvalue weighted by molar-refractivity contribution is -0.111. The van der Waals surface area contributed by atoms with Gasteiger partial charge in [-0.2, -0.15) is 8.42 Å². The molecule has 26 heavy (non-hydrogen) atoms. The molecule has 0 saturated carbocycles. The minimum Gasteiger partial charge on any atom is -0.388 e. The van der Waals surface area contributed by atoms with E-state index in [9.17, 15) is 18.3 Å². The van der Waals surface area contributed by atoms with Crippen LogP contribution in [0.15, 0.2) is 59.1 Å². The predicted molar refractivity (Wildman–Crippen MR) is 95.5 cm³/mol. The number of hydrogen-bond donors (Lipinski definition) is 2. The van der Waals surface area contributed by atoms with E-state index in [2.05, 4.69) is 5.16 Å². The molecule has 0 radical (unpaired) electrons. The van der Waals surface area contributed by atoms with Crippen LogP contribution in [0.5, 0.6) is 0 Å². The molecule has 3 rings (SSSR count). The van der Waals surface area contributed by atoms with Gasteiger partial charge in [0.15, 0.2) is 10.6 Å². The first kappa shape index (κ1) is 17.6. The van der Waals surface area contributed by atoms with Gasteiger partial charge in [0.05, 0.1) is 5.56 Å². The molecular formula is C18H14N2O5S. The Bertz CT molecular complexity index is 1080. The van der Waals surface area contributed by atoms with Gasteiger partial charge in [0, 0.05) is 11.1 Å². The molecule has 0 aliphatic heterocycles. The first-order valence-corrected chi connectivity index (χ1v) is 8.62. The maximum atomic E-state index is 11.3. The molecule has 1 heterocycles. The van der Waals surface area contributed by atoms with Gasteiger partial charge in [-0.15, -0.1) is 0 Å². The van der Waals surface area contributed by atoms with E-state index >= 15 is 0 Å². The van der Waals surface area contributed by atoms with Gasteiger partial charge in [-0.05, 0) is 5.56 Å². The molecule has 0 aliphatic carbocycles. The van der Waals surface area contributed by atoms with Gasteiger partial charge >= 0.3 is 0 Å². The van der Waals surface area contributed by atoms with E-state index in [1.807, 2.05) is 30.3 Å². The van der Waals surface area contributed by atoms with Gasteiger partial charge in [-0.3, -0.25) is 4.79 Å². The number of amides is 1. The minimum atomic E-state index is -2.75. The molecule has 8 heteroatoms. The first-order valence-electron chi connectivity index (χ1n) is 7.54. The van der Waals surface area contributed by atoms with Crippen LogP contribution >= 0.6 is 0 Å². The monoisotopic (exact) mass is 370 g/mol. The number of nitrogens with zero attached hydrogens (tertiary/aromatic N) is 1. The van der Waals surface area contributed by atoms with E-state index in [-0.39, 0.29) is 17.9 Å². The van der Waals surface area contributed by atoms with Crippen molar-refractivity contribution < 1.29 is 22.8 Å². The van der Waals surface area contributed by atoms with Crippen LogP contribution in [0.2, 0.25) is 0 Å². The lowest BCUT2D eigenvalue weighted by Crippen LogP contribution is -2.24. The largest absolute Gasteiger partial charge is 0.388 e. The summed E-state index contributed by atoms with van der Waals surface area (Å²) in [5, 5.41) is 13.6. The van der Waals surface area contributed by atoms with Crippen LogP contribution in [0.4, 0.5) is 0 Å². The lowest BCUT2D eigenvalue weighted by Gasteiger charge is -2.05. The third-order valence-corrected chi connectivity index (χ3v) is 4.55. The summed E-state index contributed by atoms with van der Waals surface area (Å²) < 4.78 is 27.6. The quantitative estimate of drug-likeness (QED) is 0.517. The summed E-state index contributed by atoms with van der Waals surface area (Å²) in [7, 11) is -2.75. The summed E-state index contributed by atoms with van der Waals surface area (Å²) >= 11 is 0. The highest BCUT2D eigenvalue weighted by Crippen LogP contribution is 2.34. The molecule has 1 amide bonds. The van der Waals surface area contributed by atoms with Crippen LogP contribution < -0.4 is 5.73 Å². The molecule has 3 N–H and O–H groups in total. The maximum absolute atomic E-state index is 11.3. The zero-order chi connectivity index (χ0) is 18.7. The Morgan fingerprint density at radius 3 is 2.23 bits per heavy atom. The average molecular weight is 370 g/mol. The van der Waals surface area contributed by atoms with Crippen LogP contribution in [0.3, 0.4) is 0 Å². The number of carbonyl (C=O) groups is 1. The molecule has 3 aromatic rings. The molecular weight excluding hydrogens is 356 g/mol. The van der Waals surface area contributed by atoms with E-state index in [0.717, 1.165) is 5.56 Å². The van der Waals surface area contributed by atoms with Crippen molar-refractivity contribution >= 4 is 21.1 Å². The van der Waals surface area contributed by atoms with E-state index in [4.69, 9.17) is 10.3 Å². The average Bonchev–Trinajstić information content (AvgIpc) is 3.06. The molecule has 0 atom stereocenters. The fraction of sp³-hybridized carbons (Fsp3) is 0.0556. The maximum Gasteiger partial charge on any atom is 0.264 e. The van der Waals surface area contributed by atoms with E-state index in [1.165, 1.54) is 12.1 Å². The second kappa shape index (κ2) is 7.34. The normalized spacial score (nSPS) is 10.5. The lowest BCUT2D eigenvalue weighted by atomic mass is 9.98. The van der Waals surface area contributed by atoms with Crippen molar-refractivity contribution in [3.05, 3.63) is 65.9 Å². The van der Waals surface area contributed by atoms with Crippen molar-refractivity contribution in [3.63, 3.8) is 0 Å². The Balaban J connectivity index is 2.12. The molecule has 0 unspecified atom stereocenters. The Labute approximate surface area is 150 Å². The first-order chi connectivity index (χ1) is 12.5. The van der Waals surface area contributed by atoms with Crippen LogP contribution in [-0.4, -0.2) is 29.5 Å². The highest BCUT2D eigenvalue weighted by atomic mass is 32.2. The number of aliphatic hydroxyl groups is 1. The third-order valence-electron chi connectivity index (χ3n) is 3.78. The van der Waals surface area contributed by atoms with Crippen LogP contribution in [0.1, 0.15) is 11.3 Å². The van der Waals surface area contributed by atoms with Crippen LogP contribution in [-0.2, 0) is 21.7 Å². The second-order valence-electron chi connectivity index (χ2n) is 5.36. The van der Waals surface area contributed by atoms with Crippen molar-refractivity contribution in [2.24, 2.45) is 5.73 Å². The van der Waals surface area contributed by atoms with Crippen molar-refractivity contribution in [2.45, 2.75) is 6.61 Å². The van der Waals surface area contributed by atoms with Crippen molar-refractivity contribution in [1.29, 1.82) is 0 Å². The number of aliphatic hydroxyl groups excluding tert-OH is 1. The third kappa shape index (κ3) is 3.28. The standard InChI is InChI=1S/C18H14N2O5S/c19-18(22)17(26(23)24)13-8-6-11(7-9-13)15-14(10-21)25-20-16(15)12-4-2-1-3-5-12/h1-9,21H,10H2,(H2,19,22). The van der Waals surface area contributed by atoms with E-state index in [0.29, 0.717) is 16.8 Å². The summed E-state index contributed by atoms with van der Waals surface area (Å²) in [6, 6.07) is 15.5. The zero-order valence-electron chi connectivity index (χ0n) is 13.4. The predicted octanol–water partition coefficient (Wildman–Crippen LogP) is 1.39. The molecule has 7 nitrogen and oxygen atoms in total. The molecule has 0 saturated heterocycles. The zero-order valence-corrected chi connectivity index (χ0v) is 14.2. The second-order valence-corrected chi connectivity index (χ2v) is 6.24. The van der Waals surface area contributed by atoms with Crippen molar-refractivity contribution in [3.8, 4) is 22.4 Å². The number of benzene rings is 2. The topological polar surface area (TPSA) is 123 Å². The van der Waals surface area contributed by atoms with E-state index < -0.39 is 21.1 Å². The van der Waals surface area contributed by atoms with Crippen LogP contribution in [0.25, 0.3) is 22.4 Å². The molecule has 0 spiro atoms. The highest BCUT2D eigenvalue weighted by Gasteiger charge is 2.19. The summed E-state index contributed by atoms with van der Waals surface area (Å²) in [5.41, 5.74) is 7.90. The number of nitrogens with two attached hydrogens (primary N) is 1. The molecule has 0 aliphatic rings. The fourth-order valence-corrected chi connectivity index (χ4v) is 3.12. The Morgan fingerprint density at radius 1 is 1.04 bits per heavy atom. The number of rotatable bonds is 5. The summed E-state index contributed by atoms with van der Waals surface area (Å²) in [4.78, 5) is 10.8. The van der Waals surface area contributed by atoms with Gasteiger partial charge in [0.25, 0.3) is 5.91 Å².